The predicted octanol–water partition coefficient (Wildman–Crippen LogP) is 2.63. The second kappa shape index (κ2) is 4.19. The average molecular weight is 164 g/mol. The van der Waals surface area contributed by atoms with Crippen LogP contribution in [0.4, 0.5) is 0 Å². The first-order valence-corrected chi connectivity index (χ1v) is 4.47. The summed E-state index contributed by atoms with van der Waals surface area (Å²) in [5, 5.41) is 0. The molecule has 1 aromatic rings. The van der Waals surface area contributed by atoms with Crippen molar-refractivity contribution in [2.45, 2.75) is 33.1 Å². The van der Waals surface area contributed by atoms with Gasteiger partial charge in [-0.15, -0.1) is 0 Å². The molecule has 0 fully saturated rings. The minimum Gasteiger partial charge on any atom is -0.241 e. The van der Waals surface area contributed by atoms with Crippen LogP contribution >= 0.6 is 0 Å². The van der Waals surface area contributed by atoms with Crippen LogP contribution in [0.25, 0.3) is 0 Å². The highest BCUT2D eigenvalue weighted by molar-refractivity contribution is 4.95. The average Bonchev–Trinajstić information content (AvgIpc) is 2.05. The topological polar surface area (TPSA) is 25.8 Å². The molecule has 1 unspecified atom stereocenters. The van der Waals surface area contributed by atoms with Gasteiger partial charge in [-0.1, -0.05) is 20.8 Å². The van der Waals surface area contributed by atoms with Gasteiger partial charge in [0.15, 0.2) is 0 Å². The van der Waals surface area contributed by atoms with Crippen molar-refractivity contribution in [2.75, 3.05) is 0 Å². The summed E-state index contributed by atoms with van der Waals surface area (Å²) in [6.45, 7) is 6.62. The smallest absolute Gasteiger partial charge is 0.130 e. The van der Waals surface area contributed by atoms with Crippen molar-refractivity contribution in [3.63, 3.8) is 0 Å². The van der Waals surface area contributed by atoms with Crippen molar-refractivity contribution in [2.24, 2.45) is 5.92 Å². The second-order valence-corrected chi connectivity index (χ2v) is 3.64. The zero-order valence-corrected chi connectivity index (χ0v) is 7.99. The maximum absolute atomic E-state index is 4.22. The van der Waals surface area contributed by atoms with Crippen molar-refractivity contribution in [3.8, 4) is 0 Å². The Morgan fingerprint density at radius 3 is 2.25 bits per heavy atom. The molecular weight excluding hydrogens is 148 g/mol. The first-order chi connectivity index (χ1) is 5.70. The molecule has 12 heavy (non-hydrogen) atoms. The van der Waals surface area contributed by atoms with Crippen molar-refractivity contribution >= 4 is 0 Å². The van der Waals surface area contributed by atoms with E-state index in [1.165, 1.54) is 0 Å². The van der Waals surface area contributed by atoms with Crippen LogP contribution < -0.4 is 0 Å². The molecule has 0 saturated carbocycles. The Labute approximate surface area is 74.1 Å². The Morgan fingerprint density at radius 1 is 1.17 bits per heavy atom. The van der Waals surface area contributed by atoms with Gasteiger partial charge in [0, 0.05) is 18.3 Å². The lowest BCUT2D eigenvalue weighted by atomic mass is 9.98. The van der Waals surface area contributed by atoms with E-state index in [0.717, 1.165) is 12.2 Å². The van der Waals surface area contributed by atoms with E-state index in [2.05, 4.69) is 30.7 Å². The van der Waals surface area contributed by atoms with Gasteiger partial charge in [-0.2, -0.15) is 0 Å². The molecule has 0 aliphatic rings. The monoisotopic (exact) mass is 164 g/mol. The number of aromatic nitrogens is 2. The molecule has 1 atom stereocenters. The third kappa shape index (κ3) is 2.61. The molecule has 0 spiro atoms. The van der Waals surface area contributed by atoms with Gasteiger partial charge in [0.1, 0.15) is 5.82 Å². The highest BCUT2D eigenvalue weighted by Gasteiger charge is 2.09. The molecule has 1 rings (SSSR count). The van der Waals surface area contributed by atoms with Crippen LogP contribution in [0.3, 0.4) is 0 Å². The fraction of sp³-hybridized carbons (Fsp3) is 0.600. The summed E-state index contributed by atoms with van der Waals surface area (Å²) >= 11 is 0. The van der Waals surface area contributed by atoms with Gasteiger partial charge in [-0.3, -0.25) is 0 Å². The molecule has 0 saturated heterocycles. The van der Waals surface area contributed by atoms with E-state index in [0.29, 0.717) is 11.8 Å². The third-order valence-corrected chi connectivity index (χ3v) is 1.85. The van der Waals surface area contributed by atoms with Gasteiger partial charge < -0.3 is 0 Å². The molecule has 2 heteroatoms. The lowest BCUT2D eigenvalue weighted by molar-refractivity contribution is 0.507. The van der Waals surface area contributed by atoms with Crippen LogP contribution in [0.1, 0.15) is 38.9 Å². The fourth-order valence-corrected chi connectivity index (χ4v) is 1.38. The molecule has 1 heterocycles. The lowest BCUT2D eigenvalue weighted by Gasteiger charge is -2.11. The van der Waals surface area contributed by atoms with E-state index >= 15 is 0 Å². The molecule has 0 aromatic carbocycles. The Morgan fingerprint density at radius 2 is 1.75 bits per heavy atom. The van der Waals surface area contributed by atoms with E-state index in [-0.39, 0.29) is 0 Å². The van der Waals surface area contributed by atoms with Crippen LogP contribution in [-0.2, 0) is 0 Å². The molecule has 0 N–H and O–H groups in total. The summed E-state index contributed by atoms with van der Waals surface area (Å²) in [5.74, 6) is 2.15. The van der Waals surface area contributed by atoms with Gasteiger partial charge in [-0.25, -0.2) is 9.97 Å². The minimum absolute atomic E-state index is 0.478. The molecule has 0 radical (unpaired) electrons. The fourth-order valence-electron chi connectivity index (χ4n) is 1.38. The standard InChI is InChI=1S/C10H16N2/c1-8(2)7-9(3)10-11-5-4-6-12-10/h4-6,8-9H,7H2,1-3H3. The van der Waals surface area contributed by atoms with E-state index in [9.17, 15) is 0 Å². The predicted molar refractivity (Wildman–Crippen MR) is 49.9 cm³/mol. The Balaban J connectivity index is 2.59. The molecule has 2 nitrogen and oxygen atoms in total. The van der Waals surface area contributed by atoms with Gasteiger partial charge in [0.2, 0.25) is 0 Å². The van der Waals surface area contributed by atoms with Gasteiger partial charge >= 0.3 is 0 Å². The Hall–Kier alpha value is -0.920. The number of nitrogens with zero attached hydrogens (tertiary/aromatic N) is 2. The molecule has 0 aliphatic heterocycles. The molecule has 0 amide bonds. The van der Waals surface area contributed by atoms with Crippen molar-refractivity contribution in [3.05, 3.63) is 24.3 Å². The highest BCUT2D eigenvalue weighted by atomic mass is 14.9. The largest absolute Gasteiger partial charge is 0.241 e. The van der Waals surface area contributed by atoms with Gasteiger partial charge in [-0.05, 0) is 18.4 Å². The minimum atomic E-state index is 0.478. The Kier molecular flexibility index (Phi) is 3.20. The SMILES string of the molecule is CC(C)CC(C)c1ncccn1. The second-order valence-electron chi connectivity index (χ2n) is 3.64. The third-order valence-electron chi connectivity index (χ3n) is 1.85. The van der Waals surface area contributed by atoms with Crippen LogP contribution in [0.2, 0.25) is 0 Å². The van der Waals surface area contributed by atoms with Crippen LogP contribution in [0.5, 0.6) is 0 Å². The van der Waals surface area contributed by atoms with Crippen molar-refractivity contribution in [1.82, 2.24) is 9.97 Å². The maximum Gasteiger partial charge on any atom is 0.130 e. The van der Waals surface area contributed by atoms with E-state index in [1.807, 2.05) is 6.07 Å². The summed E-state index contributed by atoms with van der Waals surface area (Å²) < 4.78 is 0. The summed E-state index contributed by atoms with van der Waals surface area (Å²) in [4.78, 5) is 8.44. The summed E-state index contributed by atoms with van der Waals surface area (Å²) in [6, 6.07) is 1.85. The van der Waals surface area contributed by atoms with Crippen molar-refractivity contribution < 1.29 is 0 Å². The van der Waals surface area contributed by atoms with E-state index < -0.39 is 0 Å². The van der Waals surface area contributed by atoms with Crippen LogP contribution in [0, 0.1) is 5.92 Å². The molecule has 1 aromatic heterocycles. The highest BCUT2D eigenvalue weighted by Crippen LogP contribution is 2.18. The van der Waals surface area contributed by atoms with Crippen molar-refractivity contribution in [1.29, 1.82) is 0 Å². The van der Waals surface area contributed by atoms with Gasteiger partial charge in [0.05, 0.1) is 0 Å². The quantitative estimate of drug-likeness (QED) is 0.686. The van der Waals surface area contributed by atoms with Gasteiger partial charge in [0.25, 0.3) is 0 Å². The number of hydrogen-bond donors (Lipinski definition) is 0. The molecule has 0 bridgehead atoms. The van der Waals surface area contributed by atoms with Crippen LogP contribution in [0.15, 0.2) is 18.5 Å². The summed E-state index contributed by atoms with van der Waals surface area (Å²) in [6.07, 6.45) is 4.77. The number of rotatable bonds is 3. The molecule has 66 valence electrons. The maximum atomic E-state index is 4.22. The first-order valence-electron chi connectivity index (χ1n) is 4.47. The summed E-state index contributed by atoms with van der Waals surface area (Å²) in [5.41, 5.74) is 0. The number of hydrogen-bond acceptors (Lipinski definition) is 2. The molecule has 0 aliphatic carbocycles. The van der Waals surface area contributed by atoms with E-state index in [4.69, 9.17) is 0 Å². The first kappa shape index (κ1) is 9.17. The Bertz CT molecular complexity index is 219. The summed E-state index contributed by atoms with van der Waals surface area (Å²) in [7, 11) is 0. The normalized spacial score (nSPS) is 13.3. The molecular formula is C10H16N2. The zero-order valence-electron chi connectivity index (χ0n) is 7.99. The van der Waals surface area contributed by atoms with Crippen LogP contribution in [-0.4, -0.2) is 9.97 Å². The zero-order chi connectivity index (χ0) is 8.97. The lowest BCUT2D eigenvalue weighted by Crippen LogP contribution is -2.02. The van der Waals surface area contributed by atoms with E-state index in [1.54, 1.807) is 12.4 Å².